The number of hydrogen-bond donors (Lipinski definition) is 1. The smallest absolute Gasteiger partial charge is 0.142 e. The molecule has 0 saturated carbocycles. The second-order valence-corrected chi connectivity index (χ2v) is 6.20. The van der Waals surface area contributed by atoms with E-state index in [2.05, 4.69) is 11.9 Å². The van der Waals surface area contributed by atoms with Gasteiger partial charge in [-0.25, -0.2) is 0 Å². The largest absolute Gasteiger partial charge is 0.497 e. The highest BCUT2D eigenvalue weighted by molar-refractivity contribution is 8.06. The average Bonchev–Trinajstić information content (AvgIpc) is 2.65. The van der Waals surface area contributed by atoms with E-state index >= 15 is 0 Å². The fourth-order valence-corrected chi connectivity index (χ4v) is 2.89. The van der Waals surface area contributed by atoms with Gasteiger partial charge in [0, 0.05) is 11.6 Å². The van der Waals surface area contributed by atoms with Gasteiger partial charge in [-0.3, -0.25) is 0 Å². The summed E-state index contributed by atoms with van der Waals surface area (Å²) in [6, 6.07) is 13.5. The van der Waals surface area contributed by atoms with E-state index in [1.165, 1.54) is 11.8 Å². The van der Waals surface area contributed by atoms with Crippen LogP contribution >= 0.6 is 11.8 Å². The summed E-state index contributed by atoms with van der Waals surface area (Å²) >= 11 is 1.51. The van der Waals surface area contributed by atoms with Crippen LogP contribution in [0.1, 0.15) is 12.5 Å². The molecule has 2 aromatic rings. The van der Waals surface area contributed by atoms with Crippen LogP contribution in [0.4, 0.5) is 5.69 Å². The number of allylic oxidation sites excluding steroid dienone is 1. The summed E-state index contributed by atoms with van der Waals surface area (Å²) in [6.07, 6.45) is 0. The van der Waals surface area contributed by atoms with Gasteiger partial charge in [-0.05, 0) is 42.2 Å². The molecule has 1 N–H and O–H groups in total. The van der Waals surface area contributed by atoms with E-state index in [1.54, 1.807) is 21.3 Å². The quantitative estimate of drug-likeness (QED) is 0.686. The Bertz CT molecular complexity index is 771. The third kappa shape index (κ3) is 4.97. The lowest BCUT2D eigenvalue weighted by Crippen LogP contribution is -1.97. The average molecular weight is 357 g/mol. The van der Waals surface area contributed by atoms with Gasteiger partial charge in [0.25, 0.3) is 0 Å². The van der Waals surface area contributed by atoms with Crippen molar-refractivity contribution in [1.82, 2.24) is 0 Å². The fraction of sp³-hybridized carbons (Fsp3) is 0.200. The Morgan fingerprint density at radius 2 is 1.72 bits per heavy atom. The predicted molar refractivity (Wildman–Crippen MR) is 107 cm³/mol. The number of para-hydroxylation sites is 2. The van der Waals surface area contributed by atoms with E-state index in [4.69, 9.17) is 14.2 Å². The Labute approximate surface area is 153 Å². The molecule has 0 aliphatic heterocycles. The molecule has 2 aromatic carbocycles. The highest BCUT2D eigenvalue weighted by Crippen LogP contribution is 2.33. The number of benzene rings is 2. The fourth-order valence-electron chi connectivity index (χ4n) is 2.27. The first-order valence-corrected chi connectivity index (χ1v) is 8.61. The lowest BCUT2D eigenvalue weighted by Gasteiger charge is -2.13. The highest BCUT2D eigenvalue weighted by atomic mass is 32.2. The third-order valence-corrected chi connectivity index (χ3v) is 4.45. The Balaban J connectivity index is 2.09. The lowest BCUT2D eigenvalue weighted by molar-refractivity contribution is 0.393. The molecule has 0 radical (unpaired) electrons. The van der Waals surface area contributed by atoms with Crippen LogP contribution in [0.25, 0.3) is 5.57 Å². The molecule has 0 aromatic heterocycles. The molecule has 0 spiro atoms. The summed E-state index contributed by atoms with van der Waals surface area (Å²) in [5, 5.41) is 6.10. The van der Waals surface area contributed by atoms with Crippen molar-refractivity contribution in [2.75, 3.05) is 26.6 Å². The summed E-state index contributed by atoms with van der Waals surface area (Å²) in [5.74, 6) is 2.32. The van der Waals surface area contributed by atoms with Gasteiger partial charge in [-0.2, -0.15) is 0 Å². The monoisotopic (exact) mass is 357 g/mol. The number of hydrogen-bond acceptors (Lipinski definition) is 5. The molecule has 0 aliphatic carbocycles. The number of nitrogens with one attached hydrogen (secondary N) is 1. The summed E-state index contributed by atoms with van der Waals surface area (Å²) in [4.78, 5) is 0. The SMILES string of the molecule is C=C(Nc1ccccc1OC)S/C=C(\C)c1ccc(OC)cc1OC. The number of ether oxygens (including phenoxy) is 3. The number of methoxy groups -OCH3 is 3. The first kappa shape index (κ1) is 18.8. The van der Waals surface area contributed by atoms with Crippen molar-refractivity contribution >= 4 is 23.0 Å². The molecule has 2 rings (SSSR count). The maximum absolute atomic E-state index is 5.46. The molecular weight excluding hydrogens is 334 g/mol. The number of anilines is 1. The molecule has 4 nitrogen and oxygen atoms in total. The molecule has 5 heteroatoms. The zero-order valence-electron chi connectivity index (χ0n) is 15.0. The number of thioether (sulfide) groups is 1. The van der Waals surface area contributed by atoms with Crippen LogP contribution in [-0.2, 0) is 0 Å². The minimum atomic E-state index is 0.767. The highest BCUT2D eigenvalue weighted by Gasteiger charge is 2.07. The Kier molecular flexibility index (Phi) is 6.83. The standard InChI is InChI=1S/C20H23NO3S/c1-14(17-11-10-16(22-3)12-20(17)24-5)13-25-15(2)21-18-8-6-7-9-19(18)23-4/h6-13,21H,2H2,1,3-5H3/b14-13+. The van der Waals surface area contributed by atoms with Gasteiger partial charge in [0.15, 0.2) is 0 Å². The van der Waals surface area contributed by atoms with Crippen LogP contribution in [0, 0.1) is 0 Å². The molecule has 132 valence electrons. The number of rotatable bonds is 8. The molecule has 0 amide bonds. The topological polar surface area (TPSA) is 39.7 Å². The molecule has 0 atom stereocenters. The van der Waals surface area contributed by atoms with Gasteiger partial charge in [-0.1, -0.05) is 30.5 Å². The van der Waals surface area contributed by atoms with E-state index in [1.807, 2.05) is 54.8 Å². The Morgan fingerprint density at radius 3 is 2.40 bits per heavy atom. The van der Waals surface area contributed by atoms with Crippen molar-refractivity contribution in [3.8, 4) is 17.2 Å². The molecule has 0 bridgehead atoms. The maximum Gasteiger partial charge on any atom is 0.142 e. The van der Waals surface area contributed by atoms with E-state index < -0.39 is 0 Å². The first-order chi connectivity index (χ1) is 12.1. The van der Waals surface area contributed by atoms with Crippen molar-refractivity contribution in [2.45, 2.75) is 6.92 Å². The molecule has 25 heavy (non-hydrogen) atoms. The Hall–Kier alpha value is -2.53. The van der Waals surface area contributed by atoms with Crippen LogP contribution < -0.4 is 19.5 Å². The first-order valence-electron chi connectivity index (χ1n) is 7.73. The van der Waals surface area contributed by atoms with Gasteiger partial charge in [0.1, 0.15) is 17.2 Å². The van der Waals surface area contributed by atoms with Crippen molar-refractivity contribution < 1.29 is 14.2 Å². The van der Waals surface area contributed by atoms with E-state index in [0.29, 0.717) is 0 Å². The maximum atomic E-state index is 5.46. The van der Waals surface area contributed by atoms with Gasteiger partial charge < -0.3 is 19.5 Å². The molecular formula is C20H23NO3S. The van der Waals surface area contributed by atoms with Gasteiger partial charge in [-0.15, -0.1) is 0 Å². The second-order valence-electron chi connectivity index (χ2n) is 5.23. The van der Waals surface area contributed by atoms with Gasteiger partial charge >= 0.3 is 0 Å². The Morgan fingerprint density at radius 1 is 1.00 bits per heavy atom. The van der Waals surface area contributed by atoms with E-state index in [0.717, 1.165) is 39.1 Å². The van der Waals surface area contributed by atoms with Crippen LogP contribution in [0.15, 0.2) is 59.5 Å². The second kappa shape index (κ2) is 9.08. The van der Waals surface area contributed by atoms with Crippen LogP contribution in [0.3, 0.4) is 0 Å². The molecule has 0 aliphatic rings. The third-order valence-electron chi connectivity index (χ3n) is 3.59. The van der Waals surface area contributed by atoms with Crippen molar-refractivity contribution in [1.29, 1.82) is 0 Å². The lowest BCUT2D eigenvalue weighted by atomic mass is 10.1. The zero-order valence-corrected chi connectivity index (χ0v) is 15.8. The van der Waals surface area contributed by atoms with Crippen molar-refractivity contribution in [3.05, 3.63) is 65.0 Å². The molecule has 0 fully saturated rings. The van der Waals surface area contributed by atoms with Crippen LogP contribution in [-0.4, -0.2) is 21.3 Å². The minimum absolute atomic E-state index is 0.767. The molecule has 0 saturated heterocycles. The predicted octanol–water partition coefficient (Wildman–Crippen LogP) is 5.39. The van der Waals surface area contributed by atoms with E-state index in [9.17, 15) is 0 Å². The van der Waals surface area contributed by atoms with Crippen LogP contribution in [0.2, 0.25) is 0 Å². The summed E-state index contributed by atoms with van der Waals surface area (Å²) in [7, 11) is 4.94. The van der Waals surface area contributed by atoms with Gasteiger partial charge in [0.2, 0.25) is 0 Å². The molecule has 0 unspecified atom stereocenters. The van der Waals surface area contributed by atoms with E-state index in [-0.39, 0.29) is 0 Å². The summed E-state index contributed by atoms with van der Waals surface area (Å²) < 4.78 is 16.0. The normalized spacial score (nSPS) is 11.0. The van der Waals surface area contributed by atoms with Crippen molar-refractivity contribution in [3.63, 3.8) is 0 Å². The summed E-state index contributed by atoms with van der Waals surface area (Å²) in [6.45, 7) is 6.10. The summed E-state index contributed by atoms with van der Waals surface area (Å²) in [5.41, 5.74) is 2.98. The zero-order chi connectivity index (χ0) is 18.2. The van der Waals surface area contributed by atoms with Gasteiger partial charge in [0.05, 0.1) is 32.0 Å². The molecule has 0 heterocycles. The van der Waals surface area contributed by atoms with Crippen LogP contribution in [0.5, 0.6) is 17.2 Å². The minimum Gasteiger partial charge on any atom is -0.497 e. The van der Waals surface area contributed by atoms with Crippen molar-refractivity contribution in [2.24, 2.45) is 0 Å².